The number of carbonyl (C=O) groups is 2. The molecule has 2 saturated carbocycles. The summed E-state index contributed by atoms with van der Waals surface area (Å²) in [7, 11) is 0. The standard InChI is InChI=1S/C22H28O7/c1-12-8-18-22-11-27-20(25)21(12,9-16(24)14-6-7-26-10-14)17(22)5-3-4-15(22)19(29-18)28-13(2)23/h6-7,10,12,15-19,24H,3-5,8-9,11H2,1-2H3/t12-,15-,16-,17-,18-,19+,21+,22+/m1/s1. The Kier molecular flexibility index (Phi) is 4.33. The van der Waals surface area contributed by atoms with Crippen LogP contribution in [0.2, 0.25) is 0 Å². The molecular weight excluding hydrogens is 376 g/mol. The lowest BCUT2D eigenvalue weighted by atomic mass is 9.42. The number of aliphatic hydroxyl groups excluding tert-OH is 1. The van der Waals surface area contributed by atoms with Gasteiger partial charge in [-0.2, -0.15) is 0 Å². The molecule has 7 nitrogen and oxygen atoms in total. The fourth-order valence-electron chi connectivity index (χ4n) is 7.03. The van der Waals surface area contributed by atoms with Crippen LogP contribution in [0.3, 0.4) is 0 Å². The van der Waals surface area contributed by atoms with Gasteiger partial charge in [0.15, 0.2) is 0 Å². The van der Waals surface area contributed by atoms with Crippen molar-refractivity contribution < 1.29 is 33.3 Å². The maximum Gasteiger partial charge on any atom is 0.312 e. The summed E-state index contributed by atoms with van der Waals surface area (Å²) in [6.45, 7) is 3.77. The highest BCUT2D eigenvalue weighted by molar-refractivity contribution is 5.79. The molecule has 2 aliphatic carbocycles. The maximum absolute atomic E-state index is 13.3. The summed E-state index contributed by atoms with van der Waals surface area (Å²) in [4.78, 5) is 25.0. The van der Waals surface area contributed by atoms with E-state index in [1.165, 1.54) is 19.5 Å². The average molecular weight is 404 g/mol. The highest BCUT2D eigenvalue weighted by atomic mass is 16.7. The van der Waals surface area contributed by atoms with E-state index < -0.39 is 17.8 Å². The first-order valence-electron chi connectivity index (χ1n) is 10.6. The predicted octanol–water partition coefficient (Wildman–Crippen LogP) is 2.98. The summed E-state index contributed by atoms with van der Waals surface area (Å²) in [5.41, 5.74) is -0.457. The number of cyclic esters (lactones) is 1. The molecule has 158 valence electrons. The van der Waals surface area contributed by atoms with Crippen LogP contribution in [0, 0.1) is 28.6 Å². The van der Waals surface area contributed by atoms with Crippen molar-refractivity contribution in [3.63, 3.8) is 0 Å². The van der Waals surface area contributed by atoms with Gasteiger partial charge in [0.2, 0.25) is 6.29 Å². The van der Waals surface area contributed by atoms with Crippen LogP contribution in [0.15, 0.2) is 23.0 Å². The molecule has 0 aromatic carbocycles. The Hall–Kier alpha value is -1.86. The van der Waals surface area contributed by atoms with Gasteiger partial charge >= 0.3 is 11.9 Å². The molecule has 4 fully saturated rings. The number of esters is 2. The molecule has 2 saturated heterocycles. The molecular formula is C22H28O7. The Morgan fingerprint density at radius 3 is 2.97 bits per heavy atom. The molecule has 2 bridgehead atoms. The first-order valence-corrected chi connectivity index (χ1v) is 10.6. The predicted molar refractivity (Wildman–Crippen MR) is 99.1 cm³/mol. The van der Waals surface area contributed by atoms with E-state index in [0.717, 1.165) is 19.3 Å². The summed E-state index contributed by atoms with van der Waals surface area (Å²) in [5.74, 6) is -0.533. The monoisotopic (exact) mass is 404 g/mol. The summed E-state index contributed by atoms with van der Waals surface area (Å²) in [6, 6.07) is 1.74. The van der Waals surface area contributed by atoms with E-state index in [4.69, 9.17) is 18.6 Å². The molecule has 1 spiro atoms. The van der Waals surface area contributed by atoms with Gasteiger partial charge in [0.05, 0.1) is 30.1 Å². The lowest BCUT2D eigenvalue weighted by molar-refractivity contribution is -0.238. The fraction of sp³-hybridized carbons (Fsp3) is 0.727. The minimum Gasteiger partial charge on any atom is -0.472 e. The van der Waals surface area contributed by atoms with Gasteiger partial charge < -0.3 is 23.7 Å². The van der Waals surface area contributed by atoms with E-state index in [1.807, 2.05) is 0 Å². The van der Waals surface area contributed by atoms with Crippen molar-refractivity contribution in [2.75, 3.05) is 6.61 Å². The van der Waals surface area contributed by atoms with Gasteiger partial charge in [-0.3, -0.25) is 9.59 Å². The van der Waals surface area contributed by atoms with Crippen LogP contribution in [-0.4, -0.2) is 36.0 Å². The molecule has 3 heterocycles. The van der Waals surface area contributed by atoms with Gasteiger partial charge in [-0.05, 0) is 43.6 Å². The van der Waals surface area contributed by atoms with Crippen molar-refractivity contribution in [1.82, 2.24) is 0 Å². The van der Waals surface area contributed by atoms with Crippen LogP contribution < -0.4 is 0 Å². The van der Waals surface area contributed by atoms with Crippen molar-refractivity contribution in [3.05, 3.63) is 24.2 Å². The molecule has 1 aromatic rings. The molecule has 1 N–H and O–H groups in total. The maximum atomic E-state index is 13.3. The largest absolute Gasteiger partial charge is 0.472 e. The lowest BCUT2D eigenvalue weighted by Gasteiger charge is -2.63. The summed E-state index contributed by atoms with van der Waals surface area (Å²) >= 11 is 0. The Labute approximate surface area is 169 Å². The van der Waals surface area contributed by atoms with Crippen LogP contribution >= 0.6 is 0 Å². The zero-order chi connectivity index (χ0) is 20.4. The third-order valence-corrected chi connectivity index (χ3v) is 8.22. The summed E-state index contributed by atoms with van der Waals surface area (Å²) in [6.07, 6.45) is 5.27. The van der Waals surface area contributed by atoms with Crippen molar-refractivity contribution in [2.24, 2.45) is 28.6 Å². The van der Waals surface area contributed by atoms with Crippen LogP contribution in [-0.2, 0) is 23.8 Å². The van der Waals surface area contributed by atoms with Gasteiger partial charge in [-0.25, -0.2) is 0 Å². The van der Waals surface area contributed by atoms with Crippen LogP contribution in [0.25, 0.3) is 0 Å². The first-order chi connectivity index (χ1) is 13.9. The highest BCUT2D eigenvalue weighted by Gasteiger charge is 2.75. The number of hydrogen-bond acceptors (Lipinski definition) is 7. The first kappa shape index (κ1) is 19.1. The number of ether oxygens (including phenoxy) is 3. The SMILES string of the molecule is CC(=O)O[C@H]1O[C@@H]2C[C@@H](C)[C@]3(C[C@@H](O)c4ccoc4)C(=O)OC[C@@]24[C@@H]1CCC[C@H]34. The quantitative estimate of drug-likeness (QED) is 0.771. The van der Waals surface area contributed by atoms with Gasteiger partial charge in [0, 0.05) is 23.8 Å². The molecule has 7 heteroatoms. The Bertz CT molecular complexity index is 804. The zero-order valence-electron chi connectivity index (χ0n) is 16.8. The number of carbonyl (C=O) groups excluding carboxylic acids is 2. The van der Waals surface area contributed by atoms with Crippen LogP contribution in [0.5, 0.6) is 0 Å². The molecule has 8 atom stereocenters. The molecule has 0 unspecified atom stereocenters. The molecule has 29 heavy (non-hydrogen) atoms. The number of hydrogen-bond donors (Lipinski definition) is 1. The minimum absolute atomic E-state index is 0.0150. The topological polar surface area (TPSA) is 95.2 Å². The Morgan fingerprint density at radius 1 is 1.41 bits per heavy atom. The van der Waals surface area contributed by atoms with Gasteiger partial charge in [0.25, 0.3) is 0 Å². The normalized spacial score (nSPS) is 44.0. The van der Waals surface area contributed by atoms with E-state index in [2.05, 4.69) is 6.92 Å². The lowest BCUT2D eigenvalue weighted by Crippen LogP contribution is -2.67. The van der Waals surface area contributed by atoms with Crippen molar-refractivity contribution in [3.8, 4) is 0 Å². The second-order valence-corrected chi connectivity index (χ2v) is 9.33. The highest BCUT2D eigenvalue weighted by Crippen LogP contribution is 2.70. The minimum atomic E-state index is -0.803. The second kappa shape index (κ2) is 6.57. The van der Waals surface area contributed by atoms with Gasteiger partial charge in [-0.1, -0.05) is 13.3 Å². The van der Waals surface area contributed by atoms with E-state index in [1.54, 1.807) is 6.07 Å². The molecule has 2 aliphatic heterocycles. The van der Waals surface area contributed by atoms with E-state index in [-0.39, 0.29) is 41.2 Å². The molecule has 0 radical (unpaired) electrons. The van der Waals surface area contributed by atoms with Gasteiger partial charge in [0.1, 0.15) is 6.61 Å². The van der Waals surface area contributed by atoms with E-state index in [0.29, 0.717) is 25.0 Å². The Morgan fingerprint density at radius 2 is 2.24 bits per heavy atom. The van der Waals surface area contributed by atoms with Crippen molar-refractivity contribution in [1.29, 1.82) is 0 Å². The Balaban J connectivity index is 1.56. The van der Waals surface area contributed by atoms with E-state index >= 15 is 0 Å². The van der Waals surface area contributed by atoms with Crippen LogP contribution in [0.1, 0.15) is 57.6 Å². The number of aliphatic hydroxyl groups is 1. The summed E-state index contributed by atoms with van der Waals surface area (Å²) in [5, 5.41) is 10.9. The average Bonchev–Trinajstić information content (AvgIpc) is 3.30. The number of rotatable bonds is 4. The zero-order valence-corrected chi connectivity index (χ0v) is 16.8. The van der Waals surface area contributed by atoms with Crippen LogP contribution in [0.4, 0.5) is 0 Å². The molecule has 0 amide bonds. The molecule has 5 rings (SSSR count). The fourth-order valence-corrected chi connectivity index (χ4v) is 7.03. The van der Waals surface area contributed by atoms with Crippen molar-refractivity contribution >= 4 is 11.9 Å². The van der Waals surface area contributed by atoms with Crippen molar-refractivity contribution in [2.45, 2.75) is 64.4 Å². The third-order valence-electron chi connectivity index (χ3n) is 8.22. The smallest absolute Gasteiger partial charge is 0.312 e. The van der Waals surface area contributed by atoms with E-state index in [9.17, 15) is 14.7 Å². The van der Waals surface area contributed by atoms with Gasteiger partial charge in [-0.15, -0.1) is 0 Å². The molecule has 1 aromatic heterocycles. The third kappa shape index (κ3) is 2.49. The second-order valence-electron chi connectivity index (χ2n) is 9.33. The summed E-state index contributed by atoms with van der Waals surface area (Å²) < 4.78 is 22.8. The number of furan rings is 1. The molecule has 4 aliphatic rings.